The third kappa shape index (κ3) is 4.43. The maximum absolute atomic E-state index is 12.4. The van der Waals surface area contributed by atoms with Crippen molar-refractivity contribution in [1.82, 2.24) is 9.62 Å². The van der Waals surface area contributed by atoms with Gasteiger partial charge in [0.15, 0.2) is 0 Å². The van der Waals surface area contributed by atoms with Crippen LogP contribution in [0.2, 0.25) is 0 Å². The summed E-state index contributed by atoms with van der Waals surface area (Å²) in [5, 5.41) is 3.28. The summed E-state index contributed by atoms with van der Waals surface area (Å²) in [6.45, 7) is 6.49. The second-order valence-corrected chi connectivity index (χ2v) is 8.82. The van der Waals surface area contributed by atoms with Crippen LogP contribution in [0.25, 0.3) is 0 Å². The van der Waals surface area contributed by atoms with Crippen molar-refractivity contribution in [3.05, 3.63) is 0 Å². The summed E-state index contributed by atoms with van der Waals surface area (Å²) in [6, 6.07) is 0.427. The second-order valence-electron chi connectivity index (χ2n) is 6.73. The predicted octanol–water partition coefficient (Wildman–Crippen LogP) is 2.22. The summed E-state index contributed by atoms with van der Waals surface area (Å²) in [5.41, 5.74) is 0. The third-order valence-electron chi connectivity index (χ3n) is 4.78. The Hall–Kier alpha value is -0.130. The summed E-state index contributed by atoms with van der Waals surface area (Å²) >= 11 is 0. The van der Waals surface area contributed by atoms with Gasteiger partial charge in [0.1, 0.15) is 0 Å². The Morgan fingerprint density at radius 3 is 2.55 bits per heavy atom. The zero-order valence-electron chi connectivity index (χ0n) is 13.0. The Labute approximate surface area is 124 Å². The van der Waals surface area contributed by atoms with Crippen molar-refractivity contribution in [3.8, 4) is 0 Å². The lowest BCUT2D eigenvalue weighted by atomic mass is 9.76. The SMILES string of the molecule is CC(C)NCCCS(=O)(=O)N1CCC2CCCCC2C1. The molecule has 2 fully saturated rings. The first-order valence-corrected chi connectivity index (χ1v) is 9.81. The number of nitrogens with zero attached hydrogens (tertiary/aromatic N) is 1. The number of rotatable bonds is 6. The van der Waals surface area contributed by atoms with Gasteiger partial charge in [0.05, 0.1) is 5.75 Å². The van der Waals surface area contributed by atoms with Crippen molar-refractivity contribution in [2.45, 2.75) is 58.4 Å². The van der Waals surface area contributed by atoms with Gasteiger partial charge in [0.25, 0.3) is 0 Å². The molecule has 5 heteroatoms. The number of fused-ring (bicyclic) bond motifs is 1. The maximum atomic E-state index is 12.4. The highest BCUT2D eigenvalue weighted by atomic mass is 32.2. The summed E-state index contributed by atoms with van der Waals surface area (Å²) < 4.78 is 26.6. The Morgan fingerprint density at radius 1 is 1.15 bits per heavy atom. The van der Waals surface area contributed by atoms with Crippen molar-refractivity contribution < 1.29 is 8.42 Å². The van der Waals surface area contributed by atoms with Crippen molar-refractivity contribution in [2.75, 3.05) is 25.4 Å². The molecular weight excluding hydrogens is 272 g/mol. The minimum atomic E-state index is -3.04. The summed E-state index contributed by atoms with van der Waals surface area (Å²) in [5.74, 6) is 1.71. The Bertz CT molecular complexity index is 395. The molecule has 2 unspecified atom stereocenters. The van der Waals surface area contributed by atoms with Crippen LogP contribution in [0.15, 0.2) is 0 Å². The zero-order chi connectivity index (χ0) is 14.6. The van der Waals surface area contributed by atoms with Gasteiger partial charge >= 0.3 is 0 Å². The molecule has 0 bridgehead atoms. The number of piperidine rings is 1. The van der Waals surface area contributed by atoms with E-state index in [1.54, 1.807) is 4.31 Å². The second kappa shape index (κ2) is 7.23. The van der Waals surface area contributed by atoms with Crippen molar-refractivity contribution in [3.63, 3.8) is 0 Å². The average molecular weight is 302 g/mol. The van der Waals surface area contributed by atoms with Gasteiger partial charge in [0.2, 0.25) is 10.0 Å². The highest BCUT2D eigenvalue weighted by Gasteiger charge is 2.35. The van der Waals surface area contributed by atoms with Gasteiger partial charge < -0.3 is 5.32 Å². The van der Waals surface area contributed by atoms with Crippen LogP contribution in [0.5, 0.6) is 0 Å². The maximum Gasteiger partial charge on any atom is 0.214 e. The first-order chi connectivity index (χ1) is 9.49. The molecule has 4 nitrogen and oxygen atoms in total. The summed E-state index contributed by atoms with van der Waals surface area (Å²) in [4.78, 5) is 0. The molecule has 1 aliphatic heterocycles. The van der Waals surface area contributed by atoms with E-state index >= 15 is 0 Å². The van der Waals surface area contributed by atoms with Crippen molar-refractivity contribution in [1.29, 1.82) is 0 Å². The lowest BCUT2D eigenvalue weighted by Gasteiger charge is -2.40. The van der Waals surface area contributed by atoms with E-state index in [0.717, 1.165) is 32.0 Å². The van der Waals surface area contributed by atoms with Crippen LogP contribution in [-0.2, 0) is 10.0 Å². The molecule has 2 rings (SSSR count). The van der Waals surface area contributed by atoms with E-state index in [4.69, 9.17) is 0 Å². The third-order valence-corrected chi connectivity index (χ3v) is 6.70. The molecule has 1 saturated carbocycles. The average Bonchev–Trinajstić information content (AvgIpc) is 2.43. The highest BCUT2D eigenvalue weighted by molar-refractivity contribution is 7.89. The Balaban J connectivity index is 1.80. The van der Waals surface area contributed by atoms with Gasteiger partial charge in [0, 0.05) is 19.1 Å². The largest absolute Gasteiger partial charge is 0.314 e. The number of hydrogen-bond donors (Lipinski definition) is 1. The summed E-state index contributed by atoms with van der Waals surface area (Å²) in [7, 11) is -3.04. The van der Waals surface area contributed by atoms with Crippen LogP contribution in [0, 0.1) is 11.8 Å². The molecule has 118 valence electrons. The molecule has 1 N–H and O–H groups in total. The minimum Gasteiger partial charge on any atom is -0.314 e. The zero-order valence-corrected chi connectivity index (χ0v) is 13.8. The molecule has 0 radical (unpaired) electrons. The van der Waals surface area contributed by atoms with Crippen LogP contribution >= 0.6 is 0 Å². The normalized spacial score (nSPS) is 28.6. The van der Waals surface area contributed by atoms with E-state index in [1.807, 2.05) is 0 Å². The van der Waals surface area contributed by atoms with Gasteiger partial charge in [-0.1, -0.05) is 33.1 Å². The molecule has 0 aromatic carbocycles. The first-order valence-electron chi connectivity index (χ1n) is 8.20. The van der Waals surface area contributed by atoms with Gasteiger partial charge in [-0.25, -0.2) is 12.7 Å². The fourth-order valence-corrected chi connectivity index (χ4v) is 5.16. The van der Waals surface area contributed by atoms with Gasteiger partial charge in [-0.2, -0.15) is 0 Å². The summed E-state index contributed by atoms with van der Waals surface area (Å²) in [6.07, 6.45) is 6.96. The predicted molar refractivity (Wildman–Crippen MR) is 83.2 cm³/mol. The van der Waals surface area contributed by atoms with E-state index in [9.17, 15) is 8.42 Å². The van der Waals surface area contributed by atoms with Crippen LogP contribution < -0.4 is 5.32 Å². The van der Waals surface area contributed by atoms with Crippen LogP contribution in [-0.4, -0.2) is 44.2 Å². The quantitative estimate of drug-likeness (QED) is 0.765. The number of sulfonamides is 1. The van der Waals surface area contributed by atoms with Gasteiger partial charge in [-0.05, 0) is 37.6 Å². The fourth-order valence-electron chi connectivity index (χ4n) is 3.59. The van der Waals surface area contributed by atoms with E-state index in [0.29, 0.717) is 24.1 Å². The first kappa shape index (κ1) is 16.2. The van der Waals surface area contributed by atoms with E-state index in [-0.39, 0.29) is 0 Å². The smallest absolute Gasteiger partial charge is 0.214 e. The standard InChI is InChI=1S/C15H30N2O2S/c1-13(2)16-9-5-11-20(18,19)17-10-8-14-6-3-4-7-15(14)12-17/h13-16H,3-12H2,1-2H3. The lowest BCUT2D eigenvalue weighted by Crippen LogP contribution is -2.45. The molecule has 2 atom stereocenters. The van der Waals surface area contributed by atoms with Crippen LogP contribution in [0.3, 0.4) is 0 Å². The molecule has 20 heavy (non-hydrogen) atoms. The Morgan fingerprint density at radius 2 is 1.85 bits per heavy atom. The Kier molecular flexibility index (Phi) is 5.87. The fraction of sp³-hybridized carbons (Fsp3) is 1.00. The lowest BCUT2D eigenvalue weighted by molar-refractivity contribution is 0.136. The van der Waals surface area contributed by atoms with Crippen LogP contribution in [0.1, 0.15) is 52.4 Å². The molecule has 0 spiro atoms. The van der Waals surface area contributed by atoms with Gasteiger partial charge in [-0.15, -0.1) is 0 Å². The molecular formula is C15H30N2O2S. The monoisotopic (exact) mass is 302 g/mol. The molecule has 1 aliphatic carbocycles. The molecule has 0 amide bonds. The molecule has 0 aromatic heterocycles. The minimum absolute atomic E-state index is 0.296. The topological polar surface area (TPSA) is 49.4 Å². The molecule has 2 aliphatic rings. The number of hydrogen-bond acceptors (Lipinski definition) is 3. The van der Waals surface area contributed by atoms with Crippen molar-refractivity contribution >= 4 is 10.0 Å². The number of nitrogens with one attached hydrogen (secondary N) is 1. The van der Waals surface area contributed by atoms with Crippen molar-refractivity contribution in [2.24, 2.45) is 11.8 Å². The van der Waals surface area contributed by atoms with E-state index in [2.05, 4.69) is 19.2 Å². The van der Waals surface area contributed by atoms with E-state index in [1.165, 1.54) is 25.7 Å². The molecule has 0 aromatic rings. The van der Waals surface area contributed by atoms with Crippen LogP contribution in [0.4, 0.5) is 0 Å². The molecule has 1 heterocycles. The van der Waals surface area contributed by atoms with Gasteiger partial charge in [-0.3, -0.25) is 0 Å². The highest BCUT2D eigenvalue weighted by Crippen LogP contribution is 2.36. The van der Waals surface area contributed by atoms with E-state index < -0.39 is 10.0 Å². The molecule has 1 saturated heterocycles.